The van der Waals surface area contributed by atoms with Crippen LogP contribution in [0, 0.1) is 0 Å². The number of aromatic amines is 2. The van der Waals surface area contributed by atoms with E-state index in [-0.39, 0.29) is 11.2 Å². The molecule has 5 atom stereocenters. The van der Waals surface area contributed by atoms with Crippen molar-refractivity contribution in [3.63, 3.8) is 0 Å². The van der Waals surface area contributed by atoms with Gasteiger partial charge >= 0.3 is 21.3 Å². The summed E-state index contributed by atoms with van der Waals surface area (Å²) >= 11 is 0. The maximum Gasteiger partial charge on any atom is 0.481 e. The Hall–Kier alpha value is -1.71. The number of phosphoric ester groups is 1. The zero-order valence-electron chi connectivity index (χ0n) is 13.5. The molecule has 0 spiro atoms. The van der Waals surface area contributed by atoms with E-state index < -0.39 is 58.0 Å². The lowest BCUT2D eigenvalue weighted by Gasteiger charge is -2.17. The number of ether oxygens (including phenoxy) is 1. The highest BCUT2D eigenvalue weighted by atomic mass is 31.3. The van der Waals surface area contributed by atoms with Crippen molar-refractivity contribution in [2.45, 2.75) is 24.5 Å². The Kier molecular flexibility index (Phi) is 5.46. The minimum absolute atomic E-state index is 0.121. The van der Waals surface area contributed by atoms with Gasteiger partial charge < -0.3 is 29.6 Å². The van der Waals surface area contributed by atoms with Gasteiger partial charge in [0, 0.05) is 0 Å². The second-order valence-corrected chi connectivity index (χ2v) is 8.47. The molecule has 3 heterocycles. The second-order valence-electron chi connectivity index (χ2n) is 5.64. The fraction of sp³-hybridized carbons (Fsp3) is 0.500. The first kappa shape index (κ1) is 21.0. The van der Waals surface area contributed by atoms with Crippen LogP contribution in [0.5, 0.6) is 0 Å². The predicted octanol–water partition coefficient (Wildman–Crippen LogP) is -2.74. The lowest BCUT2D eigenvalue weighted by Crippen LogP contribution is -2.33. The summed E-state index contributed by atoms with van der Waals surface area (Å²) in [4.78, 5) is 57.5. The van der Waals surface area contributed by atoms with E-state index in [1.165, 1.54) is 0 Å². The zero-order chi connectivity index (χ0) is 20.9. The van der Waals surface area contributed by atoms with Crippen molar-refractivity contribution in [3.05, 3.63) is 27.2 Å². The summed E-state index contributed by atoms with van der Waals surface area (Å²) < 4.78 is 36.4. The van der Waals surface area contributed by atoms with Crippen molar-refractivity contribution >= 4 is 26.8 Å². The first-order valence-electron chi connectivity index (χ1n) is 7.33. The molecule has 0 aromatic carbocycles. The number of nitrogens with zero attached hydrogens (tertiary/aromatic N) is 2. The van der Waals surface area contributed by atoms with Gasteiger partial charge in [-0.25, -0.2) is 18.9 Å². The van der Waals surface area contributed by atoms with Crippen LogP contribution < -0.4 is 11.2 Å². The maximum atomic E-state index is 11.7. The van der Waals surface area contributed by atoms with E-state index >= 15 is 0 Å². The molecule has 0 aliphatic carbocycles. The van der Waals surface area contributed by atoms with Gasteiger partial charge in [-0.15, -0.1) is 0 Å². The Labute approximate surface area is 153 Å². The SMILES string of the molecule is O=c1[nH]c(=O)c2ncn(C3OC(COP(=O)(O)OP(=O)(O)O)C(O)C3O)c2[nH]1. The highest BCUT2D eigenvalue weighted by Crippen LogP contribution is 2.57. The molecule has 5 unspecified atom stereocenters. The number of fused-ring (bicyclic) bond motifs is 1. The van der Waals surface area contributed by atoms with Crippen LogP contribution in [0.1, 0.15) is 6.23 Å². The van der Waals surface area contributed by atoms with E-state index in [4.69, 9.17) is 14.5 Å². The number of phosphoric acid groups is 2. The molecule has 2 aromatic rings. The quantitative estimate of drug-likeness (QED) is 0.224. The van der Waals surface area contributed by atoms with Crippen LogP contribution >= 0.6 is 15.6 Å². The number of aromatic nitrogens is 4. The van der Waals surface area contributed by atoms with Gasteiger partial charge in [0.2, 0.25) is 0 Å². The number of imidazole rings is 1. The van der Waals surface area contributed by atoms with Crippen molar-refractivity contribution in [2.24, 2.45) is 0 Å². The van der Waals surface area contributed by atoms with E-state index in [2.05, 4.69) is 18.8 Å². The van der Waals surface area contributed by atoms with Crippen molar-refractivity contribution in [1.82, 2.24) is 19.5 Å². The molecule has 28 heavy (non-hydrogen) atoms. The van der Waals surface area contributed by atoms with Crippen LogP contribution in [0.3, 0.4) is 0 Å². The van der Waals surface area contributed by atoms with Crippen molar-refractivity contribution in [1.29, 1.82) is 0 Å². The smallest absolute Gasteiger partial charge is 0.387 e. The monoisotopic (exact) mass is 444 g/mol. The van der Waals surface area contributed by atoms with Crippen LogP contribution in [-0.4, -0.2) is 69.3 Å². The summed E-state index contributed by atoms with van der Waals surface area (Å²) in [7, 11) is -10.5. The molecule has 0 amide bonds. The molecular weight excluding hydrogens is 430 g/mol. The third-order valence-corrected chi connectivity index (χ3v) is 5.84. The number of aliphatic hydroxyl groups is 2. The van der Waals surface area contributed by atoms with E-state index in [0.29, 0.717) is 0 Å². The highest BCUT2D eigenvalue weighted by Gasteiger charge is 2.46. The molecule has 1 fully saturated rings. The van der Waals surface area contributed by atoms with Crippen LogP contribution in [0.25, 0.3) is 11.2 Å². The fourth-order valence-electron chi connectivity index (χ4n) is 2.57. The zero-order valence-corrected chi connectivity index (χ0v) is 15.3. The minimum atomic E-state index is -5.33. The molecular formula is C10H14N4O12P2. The standard InChI is InChI=1S/C10H14N4O12P2/c15-5-3(1-24-28(22,23)26-27(19,20)21)25-9(6(5)16)14-2-11-4-7(14)12-10(18)13-8(4)17/h2-3,5-6,9,15-16H,1H2,(H,22,23)(H2,19,20,21)(H2,12,13,17,18). The number of hydrogen-bond acceptors (Lipinski definition) is 10. The number of hydrogen-bond donors (Lipinski definition) is 7. The third kappa shape index (κ3) is 4.31. The normalized spacial score (nSPS) is 27.9. The van der Waals surface area contributed by atoms with Gasteiger partial charge in [-0.05, 0) is 0 Å². The Morgan fingerprint density at radius 3 is 2.50 bits per heavy atom. The highest BCUT2D eigenvalue weighted by molar-refractivity contribution is 7.60. The van der Waals surface area contributed by atoms with Crippen molar-refractivity contribution in [2.75, 3.05) is 6.61 Å². The van der Waals surface area contributed by atoms with Crippen LogP contribution in [-0.2, 0) is 22.7 Å². The first-order chi connectivity index (χ1) is 12.9. The minimum Gasteiger partial charge on any atom is -0.387 e. The maximum absolute atomic E-state index is 11.7. The average Bonchev–Trinajstić information content (AvgIpc) is 3.06. The number of aliphatic hydroxyl groups excluding tert-OH is 2. The Morgan fingerprint density at radius 2 is 1.86 bits per heavy atom. The topological polar surface area (TPSA) is 247 Å². The molecule has 1 saturated heterocycles. The van der Waals surface area contributed by atoms with Gasteiger partial charge in [-0.3, -0.25) is 23.9 Å². The average molecular weight is 444 g/mol. The molecule has 1 aliphatic heterocycles. The molecule has 3 rings (SSSR count). The number of nitrogens with one attached hydrogen (secondary N) is 2. The van der Waals surface area contributed by atoms with Gasteiger partial charge in [0.15, 0.2) is 11.7 Å². The van der Waals surface area contributed by atoms with Crippen molar-refractivity contribution < 1.29 is 47.6 Å². The molecule has 16 nitrogen and oxygen atoms in total. The Morgan fingerprint density at radius 1 is 1.18 bits per heavy atom. The lowest BCUT2D eigenvalue weighted by atomic mass is 10.1. The molecule has 0 saturated carbocycles. The predicted molar refractivity (Wildman–Crippen MR) is 85.8 cm³/mol. The van der Waals surface area contributed by atoms with E-state index in [1.54, 1.807) is 0 Å². The third-order valence-electron chi connectivity index (χ3n) is 3.69. The van der Waals surface area contributed by atoms with Gasteiger partial charge in [-0.1, -0.05) is 0 Å². The summed E-state index contributed by atoms with van der Waals surface area (Å²) in [5.41, 5.74) is -1.96. The van der Waals surface area contributed by atoms with Crippen LogP contribution in [0.15, 0.2) is 15.9 Å². The summed E-state index contributed by atoms with van der Waals surface area (Å²) in [6, 6.07) is 0. The molecule has 156 valence electrons. The summed E-state index contributed by atoms with van der Waals surface area (Å²) in [6.07, 6.45) is -5.09. The number of H-pyrrole nitrogens is 2. The second kappa shape index (κ2) is 7.27. The Balaban J connectivity index is 1.80. The molecule has 1 aliphatic rings. The van der Waals surface area contributed by atoms with Gasteiger partial charge in [0.25, 0.3) is 5.56 Å². The fourth-order valence-corrected chi connectivity index (χ4v) is 4.17. The molecule has 0 bridgehead atoms. The van der Waals surface area contributed by atoms with Gasteiger partial charge in [-0.2, -0.15) is 4.31 Å². The summed E-state index contributed by atoms with van der Waals surface area (Å²) in [6.45, 7) is -0.897. The van der Waals surface area contributed by atoms with E-state index in [0.717, 1.165) is 10.9 Å². The summed E-state index contributed by atoms with van der Waals surface area (Å²) in [5.74, 6) is 0. The Bertz CT molecular complexity index is 1090. The number of rotatable bonds is 6. The lowest BCUT2D eigenvalue weighted by molar-refractivity contribution is -0.0503. The first-order valence-corrected chi connectivity index (χ1v) is 10.4. The molecule has 2 aromatic heterocycles. The van der Waals surface area contributed by atoms with Crippen LogP contribution in [0.2, 0.25) is 0 Å². The largest absolute Gasteiger partial charge is 0.481 e. The molecule has 7 N–H and O–H groups in total. The van der Waals surface area contributed by atoms with Crippen molar-refractivity contribution in [3.8, 4) is 0 Å². The summed E-state index contributed by atoms with van der Waals surface area (Å²) in [5, 5.41) is 20.2. The van der Waals surface area contributed by atoms with Gasteiger partial charge in [0.05, 0.1) is 12.9 Å². The van der Waals surface area contributed by atoms with E-state index in [1.807, 2.05) is 4.98 Å². The molecule has 18 heteroatoms. The van der Waals surface area contributed by atoms with E-state index in [9.17, 15) is 33.8 Å². The molecule has 0 radical (unpaired) electrons. The van der Waals surface area contributed by atoms with Crippen LogP contribution in [0.4, 0.5) is 0 Å². The van der Waals surface area contributed by atoms with Gasteiger partial charge in [0.1, 0.15) is 24.0 Å².